The average molecular weight is 224 g/mol. The maximum atomic E-state index is 10.3. The van der Waals surface area contributed by atoms with Crippen molar-refractivity contribution in [3.63, 3.8) is 0 Å². The molecule has 0 spiro atoms. The lowest BCUT2D eigenvalue weighted by molar-refractivity contribution is -0.137. The Balaban J connectivity index is 0. The summed E-state index contributed by atoms with van der Waals surface area (Å²) in [5.74, 6) is -0.246. The Morgan fingerprint density at radius 1 is 1.50 bits per heavy atom. The second-order valence-corrected chi connectivity index (χ2v) is 3.84. The van der Waals surface area contributed by atoms with E-state index >= 15 is 0 Å². The van der Waals surface area contributed by atoms with Crippen molar-refractivity contribution in [2.24, 2.45) is 11.7 Å². The van der Waals surface area contributed by atoms with Gasteiger partial charge in [0.25, 0.3) is 0 Å². The second kappa shape index (κ2) is 9.28. The standard InChI is InChI=1S/C10H21NO2.ClH/c1-3-4-5-8(2)6-9(11)7-10(12)13;/h8-9H,3-7,11H2,1-2H3,(H,12,13);1H/t8-,9+;/m1./s1. The molecule has 0 aliphatic carbocycles. The Kier molecular flexibility index (Phi) is 10.7. The average Bonchev–Trinajstić information content (AvgIpc) is 1.98. The lowest BCUT2D eigenvalue weighted by atomic mass is 9.95. The zero-order valence-corrected chi connectivity index (χ0v) is 9.85. The van der Waals surface area contributed by atoms with Crippen LogP contribution in [0.4, 0.5) is 0 Å². The Labute approximate surface area is 92.5 Å². The van der Waals surface area contributed by atoms with E-state index in [2.05, 4.69) is 13.8 Å². The van der Waals surface area contributed by atoms with Gasteiger partial charge in [0.1, 0.15) is 0 Å². The zero-order valence-electron chi connectivity index (χ0n) is 9.03. The van der Waals surface area contributed by atoms with E-state index in [1.807, 2.05) is 0 Å². The smallest absolute Gasteiger partial charge is 0.304 e. The van der Waals surface area contributed by atoms with Gasteiger partial charge in [0.05, 0.1) is 6.42 Å². The van der Waals surface area contributed by atoms with E-state index in [-0.39, 0.29) is 24.9 Å². The van der Waals surface area contributed by atoms with Crippen molar-refractivity contribution >= 4 is 18.4 Å². The van der Waals surface area contributed by atoms with Gasteiger partial charge >= 0.3 is 5.97 Å². The predicted octanol–water partition coefficient (Wildman–Crippen LogP) is 2.43. The number of nitrogens with two attached hydrogens (primary N) is 1. The molecule has 14 heavy (non-hydrogen) atoms. The van der Waals surface area contributed by atoms with Gasteiger partial charge in [0.2, 0.25) is 0 Å². The first-order chi connectivity index (χ1) is 6.06. The molecule has 3 nitrogen and oxygen atoms in total. The van der Waals surface area contributed by atoms with Crippen LogP contribution in [-0.4, -0.2) is 17.1 Å². The van der Waals surface area contributed by atoms with Crippen LogP contribution in [0.25, 0.3) is 0 Å². The number of unbranched alkanes of at least 4 members (excludes halogenated alkanes) is 1. The van der Waals surface area contributed by atoms with Gasteiger partial charge in [-0.25, -0.2) is 0 Å². The monoisotopic (exact) mass is 223 g/mol. The molecule has 2 atom stereocenters. The number of carbonyl (C=O) groups is 1. The van der Waals surface area contributed by atoms with E-state index in [4.69, 9.17) is 10.8 Å². The van der Waals surface area contributed by atoms with E-state index in [0.717, 1.165) is 12.8 Å². The van der Waals surface area contributed by atoms with Crippen LogP contribution < -0.4 is 5.73 Å². The summed E-state index contributed by atoms with van der Waals surface area (Å²) in [4.78, 5) is 10.3. The maximum Gasteiger partial charge on any atom is 0.304 e. The number of hydrogen-bond donors (Lipinski definition) is 2. The lowest BCUT2D eigenvalue weighted by Crippen LogP contribution is -2.25. The molecule has 0 aliphatic rings. The van der Waals surface area contributed by atoms with Crippen molar-refractivity contribution in [3.8, 4) is 0 Å². The minimum absolute atomic E-state index is 0. The Bertz CT molecular complexity index is 153. The van der Waals surface area contributed by atoms with Gasteiger partial charge < -0.3 is 10.8 Å². The number of hydrogen-bond acceptors (Lipinski definition) is 2. The summed E-state index contributed by atoms with van der Waals surface area (Å²) in [6.07, 6.45) is 4.48. The van der Waals surface area contributed by atoms with Gasteiger partial charge in [-0.15, -0.1) is 12.4 Å². The molecule has 3 N–H and O–H groups in total. The van der Waals surface area contributed by atoms with E-state index in [1.165, 1.54) is 12.8 Å². The molecule has 0 radical (unpaired) electrons. The van der Waals surface area contributed by atoms with Crippen molar-refractivity contribution in [1.29, 1.82) is 0 Å². The molecule has 0 amide bonds. The fourth-order valence-electron chi connectivity index (χ4n) is 1.49. The highest BCUT2D eigenvalue weighted by molar-refractivity contribution is 5.85. The number of halogens is 1. The van der Waals surface area contributed by atoms with Crippen LogP contribution >= 0.6 is 12.4 Å². The minimum atomic E-state index is -0.796. The molecule has 0 aliphatic heterocycles. The molecule has 86 valence electrons. The highest BCUT2D eigenvalue weighted by Crippen LogP contribution is 2.14. The summed E-state index contributed by atoms with van der Waals surface area (Å²) >= 11 is 0. The molecule has 0 aromatic rings. The van der Waals surface area contributed by atoms with E-state index < -0.39 is 5.97 Å². The van der Waals surface area contributed by atoms with E-state index in [0.29, 0.717) is 5.92 Å². The molecule has 0 heterocycles. The summed E-state index contributed by atoms with van der Waals surface area (Å²) < 4.78 is 0. The van der Waals surface area contributed by atoms with Crippen LogP contribution in [0.5, 0.6) is 0 Å². The second-order valence-electron chi connectivity index (χ2n) is 3.84. The fourth-order valence-corrected chi connectivity index (χ4v) is 1.49. The molecule has 0 aromatic carbocycles. The fraction of sp³-hybridized carbons (Fsp3) is 0.900. The first kappa shape index (κ1) is 16.2. The predicted molar refractivity (Wildman–Crippen MR) is 60.8 cm³/mol. The topological polar surface area (TPSA) is 63.3 Å². The number of aliphatic carboxylic acids is 1. The van der Waals surface area contributed by atoms with Crippen molar-refractivity contribution in [2.45, 2.75) is 52.0 Å². The van der Waals surface area contributed by atoms with E-state index in [1.54, 1.807) is 0 Å². The summed E-state index contributed by atoms with van der Waals surface area (Å²) in [6, 6.07) is -0.177. The Hall–Kier alpha value is -0.280. The highest BCUT2D eigenvalue weighted by Gasteiger charge is 2.11. The molecule has 0 saturated carbocycles. The minimum Gasteiger partial charge on any atom is -0.481 e. The highest BCUT2D eigenvalue weighted by atomic mass is 35.5. The van der Waals surface area contributed by atoms with Crippen LogP contribution in [0.15, 0.2) is 0 Å². The van der Waals surface area contributed by atoms with Gasteiger partial charge in [0, 0.05) is 6.04 Å². The van der Waals surface area contributed by atoms with Crippen LogP contribution in [0.1, 0.15) is 46.0 Å². The SMILES string of the molecule is CCCC[C@@H](C)C[C@H](N)CC(=O)O.Cl. The third kappa shape index (κ3) is 9.81. The van der Waals surface area contributed by atoms with Crippen molar-refractivity contribution < 1.29 is 9.90 Å². The lowest BCUT2D eigenvalue weighted by Gasteiger charge is -2.15. The normalized spacial score (nSPS) is 14.2. The molecular formula is C10H22ClNO2. The summed E-state index contributed by atoms with van der Waals surface area (Å²) in [6.45, 7) is 4.29. The van der Waals surface area contributed by atoms with Gasteiger partial charge in [-0.1, -0.05) is 33.1 Å². The molecule has 0 fully saturated rings. The quantitative estimate of drug-likeness (QED) is 0.697. The summed E-state index contributed by atoms with van der Waals surface area (Å²) in [7, 11) is 0. The van der Waals surface area contributed by atoms with Crippen molar-refractivity contribution in [2.75, 3.05) is 0 Å². The van der Waals surface area contributed by atoms with Crippen molar-refractivity contribution in [1.82, 2.24) is 0 Å². The maximum absolute atomic E-state index is 10.3. The molecule has 0 rings (SSSR count). The third-order valence-electron chi connectivity index (χ3n) is 2.19. The van der Waals surface area contributed by atoms with Crippen LogP contribution in [-0.2, 0) is 4.79 Å². The first-order valence-corrected chi connectivity index (χ1v) is 5.03. The molecule has 0 aromatic heterocycles. The Morgan fingerprint density at radius 2 is 2.07 bits per heavy atom. The van der Waals surface area contributed by atoms with Gasteiger partial charge in [-0.05, 0) is 12.3 Å². The summed E-state index contributed by atoms with van der Waals surface area (Å²) in [5, 5.41) is 8.49. The molecule has 0 saturated heterocycles. The Morgan fingerprint density at radius 3 is 2.50 bits per heavy atom. The first-order valence-electron chi connectivity index (χ1n) is 5.03. The van der Waals surface area contributed by atoms with Gasteiger partial charge in [0.15, 0.2) is 0 Å². The van der Waals surface area contributed by atoms with Crippen LogP contribution in [0, 0.1) is 5.92 Å². The van der Waals surface area contributed by atoms with Crippen molar-refractivity contribution in [3.05, 3.63) is 0 Å². The van der Waals surface area contributed by atoms with Crippen LogP contribution in [0.3, 0.4) is 0 Å². The molecular weight excluding hydrogens is 202 g/mol. The largest absolute Gasteiger partial charge is 0.481 e. The van der Waals surface area contributed by atoms with Gasteiger partial charge in [-0.3, -0.25) is 4.79 Å². The third-order valence-corrected chi connectivity index (χ3v) is 2.19. The zero-order chi connectivity index (χ0) is 10.3. The van der Waals surface area contributed by atoms with E-state index in [9.17, 15) is 4.79 Å². The van der Waals surface area contributed by atoms with Gasteiger partial charge in [-0.2, -0.15) is 0 Å². The summed E-state index contributed by atoms with van der Waals surface area (Å²) in [5.41, 5.74) is 5.67. The van der Waals surface area contributed by atoms with Crippen LogP contribution in [0.2, 0.25) is 0 Å². The molecule has 0 bridgehead atoms. The molecule has 4 heteroatoms. The number of carboxylic acid groups (broad SMARTS) is 1. The number of carboxylic acids is 1. The molecule has 0 unspecified atom stereocenters. The number of rotatable bonds is 7.